The van der Waals surface area contributed by atoms with E-state index in [4.69, 9.17) is 4.74 Å². The third kappa shape index (κ3) is 5.10. The minimum Gasteiger partial charge on any atom is -0.497 e. The summed E-state index contributed by atoms with van der Waals surface area (Å²) in [4.78, 5) is 11.3. The molecule has 0 heterocycles. The van der Waals surface area contributed by atoms with E-state index in [-0.39, 0.29) is 5.56 Å². The van der Waals surface area contributed by atoms with Crippen molar-refractivity contribution in [2.24, 2.45) is 0 Å². The number of ether oxygens (including phenoxy) is 1. The standard InChI is InChI=1S/C23H22FNO3/c1-28-20-12-7-17(8-13-20)4-2-3-16-5-10-19(11-6-16)25-22-14-9-18(24)15-21(22)23(26)27/h5-15,25H,2-4H2,1H3,(H,26,27). The van der Waals surface area contributed by atoms with Gasteiger partial charge in [0, 0.05) is 5.69 Å². The minimum absolute atomic E-state index is 0.0939. The lowest BCUT2D eigenvalue weighted by Crippen LogP contribution is -2.03. The van der Waals surface area contributed by atoms with Gasteiger partial charge in [-0.05, 0) is 72.9 Å². The third-order valence-corrected chi connectivity index (χ3v) is 4.53. The Morgan fingerprint density at radius 2 is 1.57 bits per heavy atom. The number of nitrogens with one attached hydrogen (secondary N) is 1. The number of halogens is 1. The summed E-state index contributed by atoms with van der Waals surface area (Å²) >= 11 is 0. The Kier molecular flexibility index (Phi) is 6.27. The molecule has 3 rings (SSSR count). The summed E-state index contributed by atoms with van der Waals surface area (Å²) in [6, 6.07) is 19.6. The van der Waals surface area contributed by atoms with Crippen LogP contribution in [0.15, 0.2) is 66.7 Å². The molecule has 3 aromatic carbocycles. The topological polar surface area (TPSA) is 58.6 Å². The van der Waals surface area contributed by atoms with Crippen LogP contribution in [0.5, 0.6) is 5.75 Å². The van der Waals surface area contributed by atoms with Crippen molar-refractivity contribution in [1.29, 1.82) is 0 Å². The number of hydrogen-bond donors (Lipinski definition) is 2. The Balaban J connectivity index is 1.57. The maximum absolute atomic E-state index is 13.3. The van der Waals surface area contributed by atoms with Crippen LogP contribution in [0.25, 0.3) is 0 Å². The Morgan fingerprint density at radius 3 is 2.14 bits per heavy atom. The Morgan fingerprint density at radius 1 is 0.964 bits per heavy atom. The molecule has 0 radical (unpaired) electrons. The number of aromatic carboxylic acids is 1. The highest BCUT2D eigenvalue weighted by Crippen LogP contribution is 2.23. The van der Waals surface area contributed by atoms with Gasteiger partial charge < -0.3 is 15.2 Å². The van der Waals surface area contributed by atoms with Crippen LogP contribution in [-0.2, 0) is 12.8 Å². The molecular formula is C23H22FNO3. The molecule has 0 saturated carbocycles. The Bertz CT molecular complexity index is 937. The molecule has 28 heavy (non-hydrogen) atoms. The van der Waals surface area contributed by atoms with E-state index < -0.39 is 11.8 Å². The fourth-order valence-corrected chi connectivity index (χ4v) is 3.00. The highest BCUT2D eigenvalue weighted by atomic mass is 19.1. The predicted molar refractivity (Wildman–Crippen MR) is 108 cm³/mol. The van der Waals surface area contributed by atoms with Crippen LogP contribution < -0.4 is 10.1 Å². The van der Waals surface area contributed by atoms with Gasteiger partial charge in [-0.3, -0.25) is 0 Å². The lowest BCUT2D eigenvalue weighted by molar-refractivity contribution is 0.0697. The van der Waals surface area contributed by atoms with E-state index >= 15 is 0 Å². The SMILES string of the molecule is COc1ccc(CCCc2ccc(Nc3ccc(F)cc3C(=O)O)cc2)cc1. The molecule has 0 atom stereocenters. The van der Waals surface area contributed by atoms with Crippen molar-refractivity contribution in [3.63, 3.8) is 0 Å². The summed E-state index contributed by atoms with van der Waals surface area (Å²) in [5, 5.41) is 12.3. The number of anilines is 2. The molecule has 0 unspecified atom stereocenters. The number of carboxylic acids is 1. The van der Waals surface area contributed by atoms with Gasteiger partial charge in [-0.15, -0.1) is 0 Å². The maximum Gasteiger partial charge on any atom is 0.337 e. The average molecular weight is 379 g/mol. The first-order valence-corrected chi connectivity index (χ1v) is 9.07. The molecule has 0 aliphatic heterocycles. The summed E-state index contributed by atoms with van der Waals surface area (Å²) in [7, 11) is 1.66. The third-order valence-electron chi connectivity index (χ3n) is 4.53. The first kappa shape index (κ1) is 19.4. The summed E-state index contributed by atoms with van der Waals surface area (Å²) < 4.78 is 18.4. The van der Waals surface area contributed by atoms with Crippen LogP contribution in [0.3, 0.4) is 0 Å². The van der Waals surface area contributed by atoms with E-state index in [0.29, 0.717) is 5.69 Å². The largest absolute Gasteiger partial charge is 0.497 e. The summed E-state index contributed by atoms with van der Waals surface area (Å²) in [6.45, 7) is 0. The van der Waals surface area contributed by atoms with Crippen molar-refractivity contribution in [2.45, 2.75) is 19.3 Å². The fraction of sp³-hybridized carbons (Fsp3) is 0.174. The van der Waals surface area contributed by atoms with Crippen LogP contribution in [0.4, 0.5) is 15.8 Å². The zero-order valence-corrected chi connectivity index (χ0v) is 15.6. The number of hydrogen-bond acceptors (Lipinski definition) is 3. The second-order valence-electron chi connectivity index (χ2n) is 6.52. The van der Waals surface area contributed by atoms with Gasteiger partial charge in [-0.25, -0.2) is 9.18 Å². The zero-order valence-electron chi connectivity index (χ0n) is 15.6. The molecule has 0 amide bonds. The monoisotopic (exact) mass is 379 g/mol. The molecule has 5 heteroatoms. The Labute approximate surface area is 163 Å². The van der Waals surface area contributed by atoms with E-state index in [2.05, 4.69) is 17.4 Å². The van der Waals surface area contributed by atoms with Gasteiger partial charge in [0.2, 0.25) is 0 Å². The van der Waals surface area contributed by atoms with E-state index in [1.54, 1.807) is 7.11 Å². The van der Waals surface area contributed by atoms with Crippen molar-refractivity contribution in [2.75, 3.05) is 12.4 Å². The van der Waals surface area contributed by atoms with Gasteiger partial charge in [-0.1, -0.05) is 24.3 Å². The van der Waals surface area contributed by atoms with Crippen molar-refractivity contribution >= 4 is 17.3 Å². The molecule has 4 nitrogen and oxygen atoms in total. The normalized spacial score (nSPS) is 10.5. The van der Waals surface area contributed by atoms with E-state index in [0.717, 1.165) is 36.8 Å². The van der Waals surface area contributed by atoms with Crippen LogP contribution in [-0.4, -0.2) is 18.2 Å². The van der Waals surface area contributed by atoms with Crippen LogP contribution >= 0.6 is 0 Å². The van der Waals surface area contributed by atoms with Gasteiger partial charge in [-0.2, -0.15) is 0 Å². The molecule has 2 N–H and O–H groups in total. The number of rotatable bonds is 8. The van der Waals surface area contributed by atoms with Gasteiger partial charge in [0.15, 0.2) is 0 Å². The lowest BCUT2D eigenvalue weighted by atomic mass is 10.0. The van der Waals surface area contributed by atoms with Gasteiger partial charge in [0.05, 0.1) is 18.4 Å². The Hall–Kier alpha value is -3.34. The molecule has 3 aromatic rings. The van der Waals surface area contributed by atoms with Crippen LogP contribution in [0.1, 0.15) is 27.9 Å². The fourth-order valence-electron chi connectivity index (χ4n) is 3.00. The predicted octanol–water partition coefficient (Wildman–Crippen LogP) is 5.45. The van der Waals surface area contributed by atoms with E-state index in [1.807, 2.05) is 36.4 Å². The lowest BCUT2D eigenvalue weighted by Gasteiger charge is -2.10. The first-order valence-electron chi connectivity index (χ1n) is 9.07. The van der Waals surface area contributed by atoms with Crippen LogP contribution in [0, 0.1) is 5.82 Å². The summed E-state index contributed by atoms with van der Waals surface area (Å²) in [5.74, 6) is -0.883. The molecule has 144 valence electrons. The second kappa shape index (κ2) is 9.04. The summed E-state index contributed by atoms with van der Waals surface area (Å²) in [6.07, 6.45) is 2.96. The molecule has 0 aliphatic rings. The smallest absolute Gasteiger partial charge is 0.337 e. The molecule has 0 fully saturated rings. The highest BCUT2D eigenvalue weighted by molar-refractivity contribution is 5.95. The molecule has 0 spiro atoms. The maximum atomic E-state index is 13.3. The van der Waals surface area contributed by atoms with Crippen LogP contribution in [0.2, 0.25) is 0 Å². The van der Waals surface area contributed by atoms with E-state index in [1.165, 1.54) is 23.3 Å². The summed E-state index contributed by atoms with van der Waals surface area (Å²) in [5.41, 5.74) is 3.51. The molecule has 0 bridgehead atoms. The number of aryl methyl sites for hydroxylation is 2. The quantitative estimate of drug-likeness (QED) is 0.546. The van der Waals surface area contributed by atoms with Gasteiger partial charge >= 0.3 is 5.97 Å². The number of methoxy groups -OCH3 is 1. The average Bonchev–Trinajstić information content (AvgIpc) is 2.71. The zero-order chi connectivity index (χ0) is 19.9. The van der Waals surface area contributed by atoms with Crippen molar-refractivity contribution in [3.8, 4) is 5.75 Å². The number of carbonyl (C=O) groups is 1. The number of carboxylic acid groups (broad SMARTS) is 1. The van der Waals surface area contributed by atoms with Crippen molar-refractivity contribution in [1.82, 2.24) is 0 Å². The second-order valence-corrected chi connectivity index (χ2v) is 6.52. The molecule has 0 saturated heterocycles. The first-order chi connectivity index (χ1) is 13.5. The van der Waals surface area contributed by atoms with Gasteiger partial charge in [0.1, 0.15) is 11.6 Å². The van der Waals surface area contributed by atoms with Crippen molar-refractivity contribution in [3.05, 3.63) is 89.2 Å². The molecule has 0 aromatic heterocycles. The molecular weight excluding hydrogens is 357 g/mol. The molecule has 0 aliphatic carbocycles. The van der Waals surface area contributed by atoms with Gasteiger partial charge in [0.25, 0.3) is 0 Å². The minimum atomic E-state index is -1.17. The van der Waals surface area contributed by atoms with E-state index in [9.17, 15) is 14.3 Å². The highest BCUT2D eigenvalue weighted by Gasteiger charge is 2.11. The van der Waals surface area contributed by atoms with Crippen molar-refractivity contribution < 1.29 is 19.0 Å². The number of benzene rings is 3.